The number of rotatable bonds is 4. The first-order valence-corrected chi connectivity index (χ1v) is 8.79. The smallest absolute Gasteiger partial charge is 0.237 e. The van der Waals surface area contributed by atoms with Gasteiger partial charge in [0.25, 0.3) is 0 Å². The van der Waals surface area contributed by atoms with Crippen LogP contribution in [0.5, 0.6) is 0 Å². The topological polar surface area (TPSA) is 65.8 Å². The molecular formula is C20H17N3OS. The molecule has 0 aliphatic heterocycles. The number of carbonyl (C=O) groups excluding carboxylic acids is 1. The Hall–Kier alpha value is -2.84. The van der Waals surface area contributed by atoms with Gasteiger partial charge in [-0.15, -0.1) is 0 Å². The number of nitrogens with zero attached hydrogens (tertiary/aromatic N) is 2. The van der Waals surface area contributed by atoms with Crippen LogP contribution in [0.4, 0.5) is 5.69 Å². The Kier molecular flexibility index (Phi) is 5.01. The Bertz CT molecular complexity index is 978. The lowest BCUT2D eigenvalue weighted by molar-refractivity contribution is -0.115. The molecule has 1 heterocycles. The van der Waals surface area contributed by atoms with Crippen molar-refractivity contribution in [3.63, 3.8) is 0 Å². The van der Waals surface area contributed by atoms with Crippen LogP contribution in [0.15, 0.2) is 59.6 Å². The van der Waals surface area contributed by atoms with Gasteiger partial charge in [0.05, 0.1) is 27.4 Å². The summed E-state index contributed by atoms with van der Waals surface area (Å²) in [6, 6.07) is 18.9. The van der Waals surface area contributed by atoms with Gasteiger partial charge in [0.15, 0.2) is 0 Å². The summed E-state index contributed by atoms with van der Waals surface area (Å²) in [6.07, 6.45) is 0. The van der Waals surface area contributed by atoms with Crippen molar-refractivity contribution in [3.8, 4) is 6.07 Å². The minimum Gasteiger partial charge on any atom is -0.325 e. The fourth-order valence-corrected chi connectivity index (χ4v) is 3.45. The van der Waals surface area contributed by atoms with Gasteiger partial charge in [-0.25, -0.2) is 4.98 Å². The van der Waals surface area contributed by atoms with E-state index in [4.69, 9.17) is 5.26 Å². The van der Waals surface area contributed by atoms with Gasteiger partial charge >= 0.3 is 0 Å². The third-order valence-electron chi connectivity index (χ3n) is 3.83. The summed E-state index contributed by atoms with van der Waals surface area (Å²) in [5.41, 5.74) is 3.21. The average Bonchev–Trinajstić information content (AvgIpc) is 2.62. The van der Waals surface area contributed by atoms with Crippen LogP contribution < -0.4 is 5.32 Å². The Morgan fingerprint density at radius 2 is 2.00 bits per heavy atom. The van der Waals surface area contributed by atoms with Crippen molar-refractivity contribution in [2.75, 3.05) is 5.32 Å². The van der Waals surface area contributed by atoms with Gasteiger partial charge in [-0.1, -0.05) is 36.0 Å². The first kappa shape index (κ1) is 17.0. The number of thioether (sulfide) groups is 1. The minimum absolute atomic E-state index is 0.118. The van der Waals surface area contributed by atoms with Crippen LogP contribution in [0, 0.1) is 18.3 Å². The number of para-hydroxylation sites is 1. The van der Waals surface area contributed by atoms with Gasteiger partial charge in [-0.3, -0.25) is 4.79 Å². The van der Waals surface area contributed by atoms with Crippen LogP contribution in [-0.4, -0.2) is 16.1 Å². The van der Waals surface area contributed by atoms with E-state index in [-0.39, 0.29) is 11.2 Å². The van der Waals surface area contributed by atoms with Crippen LogP contribution in [0.3, 0.4) is 0 Å². The third-order valence-corrected chi connectivity index (χ3v) is 4.84. The molecule has 0 radical (unpaired) electrons. The van der Waals surface area contributed by atoms with E-state index in [0.29, 0.717) is 11.3 Å². The maximum absolute atomic E-state index is 12.4. The first-order chi connectivity index (χ1) is 12.1. The number of nitriles is 1. The van der Waals surface area contributed by atoms with Gasteiger partial charge in [-0.05, 0) is 49.7 Å². The molecule has 5 heteroatoms. The second-order valence-electron chi connectivity index (χ2n) is 5.74. The van der Waals surface area contributed by atoms with Crippen LogP contribution in [0.25, 0.3) is 10.9 Å². The summed E-state index contributed by atoms with van der Waals surface area (Å²) in [4.78, 5) is 17.1. The van der Waals surface area contributed by atoms with Crippen molar-refractivity contribution in [2.24, 2.45) is 0 Å². The second-order valence-corrected chi connectivity index (χ2v) is 7.10. The maximum Gasteiger partial charge on any atom is 0.237 e. The number of pyridine rings is 1. The molecule has 0 bridgehead atoms. The van der Waals surface area contributed by atoms with E-state index in [1.807, 2.05) is 44.2 Å². The van der Waals surface area contributed by atoms with E-state index in [0.717, 1.165) is 21.5 Å². The number of anilines is 1. The van der Waals surface area contributed by atoms with Gasteiger partial charge in [0.2, 0.25) is 5.91 Å². The summed E-state index contributed by atoms with van der Waals surface area (Å²) in [5.74, 6) is -0.118. The van der Waals surface area contributed by atoms with Gasteiger partial charge in [0, 0.05) is 11.1 Å². The summed E-state index contributed by atoms with van der Waals surface area (Å²) < 4.78 is 0. The largest absolute Gasteiger partial charge is 0.325 e. The Morgan fingerprint density at radius 3 is 2.80 bits per heavy atom. The molecule has 0 aliphatic carbocycles. The highest BCUT2D eigenvalue weighted by atomic mass is 32.2. The Labute approximate surface area is 150 Å². The van der Waals surface area contributed by atoms with Crippen molar-refractivity contribution in [1.82, 2.24) is 4.98 Å². The molecule has 4 nitrogen and oxygen atoms in total. The van der Waals surface area contributed by atoms with Crippen LogP contribution in [0.1, 0.15) is 18.1 Å². The first-order valence-electron chi connectivity index (χ1n) is 7.91. The van der Waals surface area contributed by atoms with Gasteiger partial charge in [0.1, 0.15) is 0 Å². The number of benzene rings is 2. The Morgan fingerprint density at radius 1 is 1.20 bits per heavy atom. The lowest BCUT2D eigenvalue weighted by Gasteiger charge is -2.13. The molecule has 0 aliphatic rings. The molecule has 1 aromatic heterocycles. The lowest BCUT2D eigenvalue weighted by atomic mass is 10.1. The van der Waals surface area contributed by atoms with Crippen LogP contribution in [-0.2, 0) is 4.79 Å². The summed E-state index contributed by atoms with van der Waals surface area (Å²) in [5, 5.41) is 13.4. The van der Waals surface area contributed by atoms with Crippen molar-refractivity contribution >= 4 is 34.3 Å². The van der Waals surface area contributed by atoms with E-state index >= 15 is 0 Å². The summed E-state index contributed by atoms with van der Waals surface area (Å²) in [7, 11) is 0. The number of amides is 1. The van der Waals surface area contributed by atoms with E-state index < -0.39 is 0 Å². The highest BCUT2D eigenvalue weighted by molar-refractivity contribution is 8.00. The molecular weight excluding hydrogens is 330 g/mol. The molecule has 1 amide bonds. The number of aromatic nitrogens is 1. The standard InChI is InChI=1S/C20H17N3OS/c1-13-10-19(23-18-9-4-3-8-17(13)18)25-14(2)20(24)22-16-7-5-6-15(11-16)12-21/h3-11,14H,1-2H3,(H,22,24). The molecule has 1 unspecified atom stereocenters. The van der Waals surface area contributed by atoms with E-state index in [2.05, 4.69) is 16.4 Å². The zero-order valence-corrected chi connectivity index (χ0v) is 14.8. The van der Waals surface area contributed by atoms with Crippen molar-refractivity contribution in [1.29, 1.82) is 5.26 Å². The minimum atomic E-state index is -0.307. The zero-order chi connectivity index (χ0) is 17.8. The summed E-state index contributed by atoms with van der Waals surface area (Å²) >= 11 is 1.42. The second kappa shape index (κ2) is 7.37. The maximum atomic E-state index is 12.4. The SMILES string of the molecule is Cc1cc(SC(C)C(=O)Nc2cccc(C#N)c2)nc2ccccc12. The molecule has 0 spiro atoms. The molecule has 3 rings (SSSR count). The summed E-state index contributed by atoms with van der Waals surface area (Å²) in [6.45, 7) is 3.90. The van der Waals surface area contributed by atoms with Crippen molar-refractivity contribution in [2.45, 2.75) is 24.1 Å². The molecule has 2 aromatic carbocycles. The van der Waals surface area contributed by atoms with E-state index in [1.54, 1.807) is 24.3 Å². The lowest BCUT2D eigenvalue weighted by Crippen LogP contribution is -2.22. The molecule has 124 valence electrons. The monoisotopic (exact) mass is 347 g/mol. The molecule has 0 fully saturated rings. The zero-order valence-electron chi connectivity index (χ0n) is 14.0. The highest BCUT2D eigenvalue weighted by Crippen LogP contribution is 2.27. The van der Waals surface area contributed by atoms with Gasteiger partial charge in [-0.2, -0.15) is 5.26 Å². The third kappa shape index (κ3) is 3.98. The molecule has 1 atom stereocenters. The predicted molar refractivity (Wildman–Crippen MR) is 102 cm³/mol. The predicted octanol–water partition coefficient (Wildman–Crippen LogP) is 4.53. The normalized spacial score (nSPS) is 11.7. The fraction of sp³-hybridized carbons (Fsp3) is 0.150. The number of nitrogens with one attached hydrogen (secondary N) is 1. The van der Waals surface area contributed by atoms with Crippen molar-refractivity contribution < 1.29 is 4.79 Å². The number of fused-ring (bicyclic) bond motifs is 1. The number of hydrogen-bond acceptors (Lipinski definition) is 4. The van der Waals surface area contributed by atoms with E-state index in [1.165, 1.54) is 11.8 Å². The molecule has 0 saturated carbocycles. The molecule has 25 heavy (non-hydrogen) atoms. The van der Waals surface area contributed by atoms with E-state index in [9.17, 15) is 4.79 Å². The molecule has 1 N–H and O–H groups in total. The Balaban J connectivity index is 1.74. The number of carbonyl (C=O) groups is 1. The van der Waals surface area contributed by atoms with Crippen LogP contribution >= 0.6 is 11.8 Å². The van der Waals surface area contributed by atoms with Gasteiger partial charge < -0.3 is 5.32 Å². The fourth-order valence-electron chi connectivity index (χ4n) is 2.52. The van der Waals surface area contributed by atoms with Crippen molar-refractivity contribution in [3.05, 3.63) is 65.7 Å². The quantitative estimate of drug-likeness (QED) is 0.704. The number of hydrogen-bond donors (Lipinski definition) is 1. The average molecular weight is 347 g/mol. The van der Waals surface area contributed by atoms with Crippen LogP contribution in [0.2, 0.25) is 0 Å². The molecule has 0 saturated heterocycles. The number of aryl methyl sites for hydroxylation is 1. The highest BCUT2D eigenvalue weighted by Gasteiger charge is 2.16. The molecule has 3 aromatic rings.